The van der Waals surface area contributed by atoms with Crippen molar-refractivity contribution in [3.05, 3.63) is 21.9 Å². The number of carbonyl (C=O) groups excluding carboxylic acids is 1. The van der Waals surface area contributed by atoms with Crippen LogP contribution in [0.2, 0.25) is 0 Å². The number of hydrogen-bond donors (Lipinski definition) is 2. The maximum Gasteiger partial charge on any atom is 0.223 e. The van der Waals surface area contributed by atoms with Gasteiger partial charge in [-0.2, -0.15) is 0 Å². The highest BCUT2D eigenvalue weighted by Crippen LogP contribution is 2.26. The smallest absolute Gasteiger partial charge is 0.223 e. The quantitative estimate of drug-likeness (QED) is 0.815. The zero-order chi connectivity index (χ0) is 12.8. The van der Waals surface area contributed by atoms with Gasteiger partial charge >= 0.3 is 0 Å². The van der Waals surface area contributed by atoms with Crippen LogP contribution in [0.25, 0.3) is 0 Å². The highest BCUT2D eigenvalue weighted by molar-refractivity contribution is 7.12. The van der Waals surface area contributed by atoms with Crippen LogP contribution in [-0.4, -0.2) is 17.6 Å². The van der Waals surface area contributed by atoms with Crippen LogP contribution in [0.1, 0.15) is 35.4 Å². The summed E-state index contributed by atoms with van der Waals surface area (Å²) in [7, 11) is 0. The Morgan fingerprint density at radius 2 is 2.33 bits per heavy atom. The van der Waals surface area contributed by atoms with E-state index in [1.54, 1.807) is 11.3 Å². The highest BCUT2D eigenvalue weighted by atomic mass is 32.1. The molecule has 18 heavy (non-hydrogen) atoms. The van der Waals surface area contributed by atoms with Crippen molar-refractivity contribution in [1.29, 1.82) is 0 Å². The van der Waals surface area contributed by atoms with Gasteiger partial charge in [-0.05, 0) is 25.0 Å². The SMILES string of the molecule is O=C(NCc1ccc(C#CCCO)s1)C1CCC1. The van der Waals surface area contributed by atoms with Crippen molar-refractivity contribution in [2.24, 2.45) is 5.92 Å². The molecule has 0 aliphatic heterocycles. The Morgan fingerprint density at radius 3 is 3.00 bits per heavy atom. The third kappa shape index (κ3) is 3.59. The van der Waals surface area contributed by atoms with E-state index in [9.17, 15) is 4.79 Å². The third-order valence-electron chi connectivity index (χ3n) is 3.02. The summed E-state index contributed by atoms with van der Waals surface area (Å²) in [6, 6.07) is 3.95. The van der Waals surface area contributed by atoms with Crippen molar-refractivity contribution in [3.8, 4) is 11.8 Å². The van der Waals surface area contributed by atoms with E-state index in [0.29, 0.717) is 13.0 Å². The minimum Gasteiger partial charge on any atom is -0.395 e. The van der Waals surface area contributed by atoms with Crippen LogP contribution < -0.4 is 5.32 Å². The number of aliphatic hydroxyl groups excluding tert-OH is 1. The highest BCUT2D eigenvalue weighted by Gasteiger charge is 2.24. The number of thiophene rings is 1. The first-order valence-corrected chi connectivity index (χ1v) is 7.07. The lowest BCUT2D eigenvalue weighted by molar-refractivity contribution is -0.127. The predicted octanol–water partition coefficient (Wildman–Crippen LogP) is 1.90. The second-order valence-corrected chi connectivity index (χ2v) is 5.56. The molecule has 1 aromatic rings. The average molecular weight is 263 g/mol. The van der Waals surface area contributed by atoms with Gasteiger partial charge in [0.2, 0.25) is 5.91 Å². The molecule has 2 N–H and O–H groups in total. The predicted molar refractivity (Wildman–Crippen MR) is 72.1 cm³/mol. The lowest BCUT2D eigenvalue weighted by Gasteiger charge is -2.23. The topological polar surface area (TPSA) is 49.3 Å². The van der Waals surface area contributed by atoms with Gasteiger partial charge in [0.25, 0.3) is 0 Å². The number of hydrogen-bond acceptors (Lipinski definition) is 3. The van der Waals surface area contributed by atoms with Crippen LogP contribution in [-0.2, 0) is 11.3 Å². The number of rotatable bonds is 4. The first-order chi connectivity index (χ1) is 8.79. The second kappa shape index (κ2) is 6.58. The normalized spacial score (nSPS) is 14.5. The molecule has 0 aromatic carbocycles. The first-order valence-electron chi connectivity index (χ1n) is 6.26. The van der Waals surface area contributed by atoms with Crippen molar-refractivity contribution in [1.82, 2.24) is 5.32 Å². The van der Waals surface area contributed by atoms with Crippen LogP contribution in [0.5, 0.6) is 0 Å². The Bertz CT molecular complexity index is 466. The number of carbonyl (C=O) groups is 1. The van der Waals surface area contributed by atoms with Crippen molar-refractivity contribution in [2.45, 2.75) is 32.2 Å². The van der Waals surface area contributed by atoms with Crippen LogP contribution in [0.3, 0.4) is 0 Å². The molecular weight excluding hydrogens is 246 g/mol. The molecule has 0 saturated heterocycles. The number of nitrogens with one attached hydrogen (secondary N) is 1. The Morgan fingerprint density at radius 1 is 1.50 bits per heavy atom. The minimum absolute atomic E-state index is 0.0999. The van der Waals surface area contributed by atoms with Gasteiger partial charge in [-0.3, -0.25) is 4.79 Å². The minimum atomic E-state index is 0.0999. The first kappa shape index (κ1) is 13.1. The van der Waals surface area contributed by atoms with E-state index < -0.39 is 0 Å². The number of amides is 1. The molecule has 1 amide bonds. The van der Waals surface area contributed by atoms with Gasteiger partial charge in [0.1, 0.15) is 0 Å². The van der Waals surface area contributed by atoms with Crippen molar-refractivity contribution < 1.29 is 9.90 Å². The molecule has 1 aliphatic carbocycles. The summed E-state index contributed by atoms with van der Waals surface area (Å²) in [5, 5.41) is 11.6. The lowest BCUT2D eigenvalue weighted by Crippen LogP contribution is -2.33. The second-order valence-electron chi connectivity index (χ2n) is 4.39. The average Bonchev–Trinajstić information content (AvgIpc) is 2.72. The van der Waals surface area contributed by atoms with Crippen molar-refractivity contribution in [3.63, 3.8) is 0 Å². The molecule has 1 aromatic heterocycles. The molecule has 0 unspecified atom stereocenters. The molecule has 0 bridgehead atoms. The van der Waals surface area contributed by atoms with E-state index >= 15 is 0 Å². The lowest BCUT2D eigenvalue weighted by atomic mass is 9.85. The van der Waals surface area contributed by atoms with E-state index in [-0.39, 0.29) is 18.4 Å². The van der Waals surface area contributed by atoms with E-state index in [0.717, 1.165) is 22.6 Å². The van der Waals surface area contributed by atoms with Crippen LogP contribution in [0.15, 0.2) is 12.1 Å². The van der Waals surface area contributed by atoms with E-state index in [2.05, 4.69) is 17.2 Å². The summed E-state index contributed by atoms with van der Waals surface area (Å²) in [5.41, 5.74) is 0. The van der Waals surface area contributed by atoms with E-state index in [4.69, 9.17) is 5.11 Å². The van der Waals surface area contributed by atoms with Crippen molar-refractivity contribution in [2.75, 3.05) is 6.61 Å². The number of aliphatic hydroxyl groups is 1. The Balaban J connectivity index is 1.79. The molecule has 4 heteroatoms. The summed E-state index contributed by atoms with van der Waals surface area (Å²) in [6.07, 6.45) is 3.76. The fourth-order valence-corrected chi connectivity index (χ4v) is 2.56. The Labute approximate surface area is 111 Å². The third-order valence-corrected chi connectivity index (χ3v) is 4.02. The molecule has 1 fully saturated rings. The molecule has 0 radical (unpaired) electrons. The van der Waals surface area contributed by atoms with Crippen molar-refractivity contribution >= 4 is 17.2 Å². The zero-order valence-electron chi connectivity index (χ0n) is 10.2. The molecule has 2 rings (SSSR count). The van der Waals surface area contributed by atoms with Crippen LogP contribution >= 0.6 is 11.3 Å². The van der Waals surface area contributed by atoms with E-state index in [1.807, 2.05) is 12.1 Å². The monoisotopic (exact) mass is 263 g/mol. The van der Waals surface area contributed by atoms with Gasteiger partial charge in [-0.25, -0.2) is 0 Å². The largest absolute Gasteiger partial charge is 0.395 e. The molecule has 3 nitrogen and oxygen atoms in total. The van der Waals surface area contributed by atoms with Gasteiger partial charge in [-0.15, -0.1) is 11.3 Å². The summed E-state index contributed by atoms with van der Waals surface area (Å²) in [4.78, 5) is 13.8. The molecule has 1 aliphatic rings. The summed E-state index contributed by atoms with van der Waals surface area (Å²) >= 11 is 1.59. The van der Waals surface area contributed by atoms with Crippen LogP contribution in [0, 0.1) is 17.8 Å². The maximum absolute atomic E-state index is 11.7. The molecule has 0 atom stereocenters. The maximum atomic E-state index is 11.7. The zero-order valence-corrected chi connectivity index (χ0v) is 11.1. The standard InChI is InChI=1S/C14H17NO2S/c16-9-2-1-6-12-7-8-13(18-12)10-15-14(17)11-4-3-5-11/h7-8,11,16H,2-5,9-10H2,(H,15,17). The Kier molecular flexibility index (Phi) is 4.80. The van der Waals surface area contributed by atoms with Gasteiger partial charge in [-0.1, -0.05) is 18.3 Å². The van der Waals surface area contributed by atoms with Gasteiger partial charge in [0, 0.05) is 17.2 Å². The summed E-state index contributed by atoms with van der Waals surface area (Å²) < 4.78 is 0. The van der Waals surface area contributed by atoms with Gasteiger partial charge < -0.3 is 10.4 Å². The van der Waals surface area contributed by atoms with E-state index in [1.165, 1.54) is 6.42 Å². The molecule has 0 spiro atoms. The summed E-state index contributed by atoms with van der Waals surface area (Å²) in [6.45, 7) is 0.699. The van der Waals surface area contributed by atoms with Gasteiger partial charge in [0.05, 0.1) is 18.0 Å². The molecule has 96 valence electrons. The molecular formula is C14H17NO2S. The van der Waals surface area contributed by atoms with Crippen LogP contribution in [0.4, 0.5) is 0 Å². The fraction of sp³-hybridized carbons (Fsp3) is 0.500. The van der Waals surface area contributed by atoms with Gasteiger partial charge in [0.15, 0.2) is 0 Å². The summed E-state index contributed by atoms with van der Waals surface area (Å²) in [5.74, 6) is 6.31. The fourth-order valence-electron chi connectivity index (χ4n) is 1.73. The molecule has 1 heterocycles. The Hall–Kier alpha value is -1.31. The molecule has 1 saturated carbocycles.